The number of aromatic nitrogens is 2. The molecule has 3 amide bonds. The van der Waals surface area contributed by atoms with Gasteiger partial charge in [-0.25, -0.2) is 9.59 Å². The first-order valence-electron chi connectivity index (χ1n) is 8.75. The molecule has 1 unspecified atom stereocenters. The Kier molecular flexibility index (Phi) is 6.30. The van der Waals surface area contributed by atoms with Gasteiger partial charge in [0.2, 0.25) is 5.89 Å². The summed E-state index contributed by atoms with van der Waals surface area (Å²) in [6, 6.07) is 6.40. The predicted molar refractivity (Wildman–Crippen MR) is 99.6 cm³/mol. The summed E-state index contributed by atoms with van der Waals surface area (Å²) in [6.45, 7) is 3.13. The molecule has 1 heterocycles. The second-order valence-corrected chi connectivity index (χ2v) is 7.32. The number of urea groups is 1. The van der Waals surface area contributed by atoms with E-state index in [0.29, 0.717) is 27.9 Å². The summed E-state index contributed by atoms with van der Waals surface area (Å²) in [5.41, 5.74) is 0.311. The van der Waals surface area contributed by atoms with Gasteiger partial charge in [0.1, 0.15) is 0 Å². The van der Waals surface area contributed by atoms with Crippen molar-refractivity contribution in [3.63, 3.8) is 0 Å². The average molecular weight is 404 g/mol. The number of benzene rings is 1. The molecule has 0 bridgehead atoms. The number of thioether (sulfide) groups is 1. The van der Waals surface area contributed by atoms with Gasteiger partial charge in [-0.1, -0.05) is 17.3 Å². The van der Waals surface area contributed by atoms with Crippen LogP contribution in [0.5, 0.6) is 0 Å². The molecule has 1 aromatic carbocycles. The zero-order valence-corrected chi connectivity index (χ0v) is 16.2. The van der Waals surface area contributed by atoms with Crippen LogP contribution in [-0.2, 0) is 15.3 Å². The Morgan fingerprint density at radius 1 is 1.32 bits per heavy atom. The fourth-order valence-electron chi connectivity index (χ4n) is 2.24. The zero-order chi connectivity index (χ0) is 20.1. The van der Waals surface area contributed by atoms with Gasteiger partial charge in [0.05, 0.1) is 11.3 Å². The fourth-order valence-corrected chi connectivity index (χ4v) is 3.12. The Balaban J connectivity index is 1.56. The highest BCUT2D eigenvalue weighted by molar-refractivity contribution is 7.98. The molecule has 148 valence electrons. The van der Waals surface area contributed by atoms with Gasteiger partial charge in [0.15, 0.2) is 11.9 Å². The molecule has 3 rings (SSSR count). The summed E-state index contributed by atoms with van der Waals surface area (Å²) in [5, 5.41) is 8.53. The molecule has 9 nitrogen and oxygen atoms in total. The van der Waals surface area contributed by atoms with Gasteiger partial charge >= 0.3 is 12.0 Å². The van der Waals surface area contributed by atoms with Crippen LogP contribution >= 0.6 is 11.8 Å². The van der Waals surface area contributed by atoms with Crippen LogP contribution in [0.25, 0.3) is 0 Å². The summed E-state index contributed by atoms with van der Waals surface area (Å²) in [6.07, 6.45) is 0.696. The zero-order valence-electron chi connectivity index (χ0n) is 15.4. The van der Waals surface area contributed by atoms with Gasteiger partial charge in [-0.3, -0.25) is 10.1 Å². The number of hydrogen-bond donors (Lipinski definition) is 2. The highest BCUT2D eigenvalue weighted by atomic mass is 32.2. The molecular weight excluding hydrogens is 384 g/mol. The van der Waals surface area contributed by atoms with Gasteiger partial charge < -0.3 is 14.6 Å². The first kappa shape index (κ1) is 19.9. The second-order valence-electron chi connectivity index (χ2n) is 6.30. The molecule has 2 N–H and O–H groups in total. The van der Waals surface area contributed by atoms with E-state index < -0.39 is 24.0 Å². The van der Waals surface area contributed by atoms with E-state index >= 15 is 0 Å². The third kappa shape index (κ3) is 5.56. The van der Waals surface area contributed by atoms with Gasteiger partial charge in [0, 0.05) is 10.9 Å². The lowest BCUT2D eigenvalue weighted by Gasteiger charge is -2.14. The van der Waals surface area contributed by atoms with Gasteiger partial charge in [-0.15, -0.1) is 11.8 Å². The van der Waals surface area contributed by atoms with E-state index in [4.69, 9.17) is 9.26 Å². The number of esters is 1. The van der Waals surface area contributed by atoms with Gasteiger partial charge in [-0.05, 0) is 38.8 Å². The van der Waals surface area contributed by atoms with Crippen LogP contribution in [0.1, 0.15) is 41.8 Å². The van der Waals surface area contributed by atoms with Crippen LogP contribution in [0.3, 0.4) is 0 Å². The summed E-state index contributed by atoms with van der Waals surface area (Å²) in [4.78, 5) is 40.9. The van der Waals surface area contributed by atoms with Crippen molar-refractivity contribution < 1.29 is 23.6 Å². The number of aryl methyl sites for hydroxylation is 1. The van der Waals surface area contributed by atoms with E-state index in [1.165, 1.54) is 18.7 Å². The van der Waals surface area contributed by atoms with E-state index in [9.17, 15) is 14.4 Å². The number of amides is 3. The normalized spacial score (nSPS) is 14.2. The van der Waals surface area contributed by atoms with E-state index in [0.717, 1.165) is 12.8 Å². The largest absolute Gasteiger partial charge is 0.449 e. The number of nitrogens with one attached hydrogen (secondary N) is 2. The molecule has 1 fully saturated rings. The maximum absolute atomic E-state index is 12.5. The molecule has 1 aromatic heterocycles. The molecule has 0 saturated heterocycles. The van der Waals surface area contributed by atoms with Gasteiger partial charge in [0.25, 0.3) is 5.91 Å². The van der Waals surface area contributed by atoms with E-state index in [-0.39, 0.29) is 6.04 Å². The monoisotopic (exact) mass is 404 g/mol. The molecule has 2 aromatic rings. The lowest BCUT2D eigenvalue weighted by molar-refractivity contribution is -0.127. The third-order valence-electron chi connectivity index (χ3n) is 3.83. The number of carbonyl (C=O) groups is 3. The predicted octanol–water partition coefficient (Wildman–Crippen LogP) is 2.20. The Hall–Kier alpha value is -2.88. The van der Waals surface area contributed by atoms with Crippen LogP contribution in [0.15, 0.2) is 33.7 Å². The Morgan fingerprint density at radius 2 is 2.07 bits per heavy atom. The number of imide groups is 1. The number of hydrogen-bond acceptors (Lipinski definition) is 8. The first-order chi connectivity index (χ1) is 13.4. The molecule has 0 spiro atoms. The average Bonchev–Trinajstić information content (AvgIpc) is 3.38. The smallest absolute Gasteiger partial charge is 0.340 e. The van der Waals surface area contributed by atoms with Crippen LogP contribution in [0, 0.1) is 6.92 Å². The third-order valence-corrected chi connectivity index (χ3v) is 4.89. The lowest BCUT2D eigenvalue weighted by atomic mass is 10.2. The molecule has 28 heavy (non-hydrogen) atoms. The summed E-state index contributed by atoms with van der Waals surface area (Å²) in [7, 11) is 0. The van der Waals surface area contributed by atoms with Crippen LogP contribution < -0.4 is 10.6 Å². The first-order valence-corrected chi connectivity index (χ1v) is 9.74. The van der Waals surface area contributed by atoms with Crippen LogP contribution in [0.4, 0.5) is 4.79 Å². The van der Waals surface area contributed by atoms with Crippen molar-refractivity contribution in [1.82, 2.24) is 20.8 Å². The minimum absolute atomic E-state index is 0.122. The van der Waals surface area contributed by atoms with Gasteiger partial charge in [-0.2, -0.15) is 4.98 Å². The maximum Gasteiger partial charge on any atom is 0.340 e. The molecule has 1 saturated carbocycles. The highest BCUT2D eigenvalue weighted by Crippen LogP contribution is 2.26. The minimum atomic E-state index is -1.12. The van der Waals surface area contributed by atoms with E-state index in [1.807, 2.05) is 0 Å². The fraction of sp³-hybridized carbons (Fsp3) is 0.389. The minimum Gasteiger partial charge on any atom is -0.449 e. The Labute approximate surface area is 165 Å². The van der Waals surface area contributed by atoms with Crippen molar-refractivity contribution in [2.75, 3.05) is 0 Å². The molecule has 10 heteroatoms. The van der Waals surface area contributed by atoms with E-state index in [1.54, 1.807) is 31.2 Å². The maximum atomic E-state index is 12.5. The Bertz CT molecular complexity index is 880. The van der Waals surface area contributed by atoms with Crippen LogP contribution in [-0.4, -0.2) is 40.2 Å². The summed E-state index contributed by atoms with van der Waals surface area (Å²) < 4.78 is 10.3. The van der Waals surface area contributed by atoms with Crippen LogP contribution in [0.2, 0.25) is 0 Å². The molecule has 1 atom stereocenters. The molecule has 1 aliphatic rings. The standard InChI is InChI=1S/C18H20N4O5S/c1-10(16(23)21-18(25)20-12-7-8-12)26-17(24)13-5-3-4-6-14(13)28-9-15-19-11(2)22-27-15/h3-6,10,12H,7-9H2,1-2H3,(H2,20,21,23,25). The number of rotatable bonds is 7. The Morgan fingerprint density at radius 3 is 2.75 bits per heavy atom. The summed E-state index contributed by atoms with van der Waals surface area (Å²) in [5.74, 6) is 0.0321. The van der Waals surface area contributed by atoms with Crippen molar-refractivity contribution in [2.45, 2.75) is 49.5 Å². The van der Waals surface area contributed by atoms with Crippen molar-refractivity contribution in [2.24, 2.45) is 0 Å². The van der Waals surface area contributed by atoms with Crippen molar-refractivity contribution in [3.8, 4) is 0 Å². The topological polar surface area (TPSA) is 123 Å². The number of nitrogens with zero attached hydrogens (tertiary/aromatic N) is 2. The number of carbonyl (C=O) groups excluding carboxylic acids is 3. The van der Waals surface area contributed by atoms with Crippen molar-refractivity contribution in [1.29, 1.82) is 0 Å². The molecule has 0 radical (unpaired) electrons. The molecule has 0 aliphatic heterocycles. The molecule has 1 aliphatic carbocycles. The SMILES string of the molecule is Cc1noc(CSc2ccccc2C(=O)OC(C)C(=O)NC(=O)NC2CC2)n1. The summed E-state index contributed by atoms with van der Waals surface area (Å²) >= 11 is 1.34. The lowest BCUT2D eigenvalue weighted by Crippen LogP contribution is -2.45. The molecular formula is C18H20N4O5S. The quantitative estimate of drug-likeness (QED) is 0.532. The van der Waals surface area contributed by atoms with Crippen molar-refractivity contribution in [3.05, 3.63) is 41.5 Å². The number of ether oxygens (including phenoxy) is 1. The highest BCUT2D eigenvalue weighted by Gasteiger charge is 2.26. The van der Waals surface area contributed by atoms with Crippen molar-refractivity contribution >= 4 is 29.7 Å². The van der Waals surface area contributed by atoms with E-state index in [2.05, 4.69) is 20.8 Å². The second kappa shape index (κ2) is 8.87.